The van der Waals surface area contributed by atoms with Gasteiger partial charge in [-0.15, -0.1) is 0 Å². The second-order valence-corrected chi connectivity index (χ2v) is 5.61. The Hall–Kier alpha value is -3.34. The molecule has 2 aromatic heterocycles. The van der Waals surface area contributed by atoms with E-state index in [0.29, 0.717) is 22.9 Å². The highest BCUT2D eigenvalue weighted by molar-refractivity contribution is 5.92. The summed E-state index contributed by atoms with van der Waals surface area (Å²) in [5.74, 6) is 0.773. The van der Waals surface area contributed by atoms with Gasteiger partial charge in [-0.05, 0) is 31.2 Å². The second kappa shape index (κ2) is 6.28. The topological polar surface area (TPSA) is 65.5 Å². The minimum Gasteiger partial charge on any atom is -0.453 e. The lowest BCUT2D eigenvalue weighted by atomic mass is 10.2. The number of carbonyl (C=O) groups excluding carboxylic acids is 1. The van der Waals surface area contributed by atoms with Crippen LogP contribution in [0.15, 0.2) is 69.5 Å². The average molecular weight is 333 g/mol. The van der Waals surface area contributed by atoms with Gasteiger partial charge in [0.2, 0.25) is 11.7 Å². The van der Waals surface area contributed by atoms with E-state index >= 15 is 0 Å². The molecule has 0 spiro atoms. The number of nitrogens with zero attached hydrogens (tertiary/aromatic N) is 1. The zero-order valence-electron chi connectivity index (χ0n) is 13.6. The van der Waals surface area contributed by atoms with E-state index in [2.05, 4.69) is 4.98 Å². The quantitative estimate of drug-likeness (QED) is 0.504. The Kier molecular flexibility index (Phi) is 3.82. The van der Waals surface area contributed by atoms with E-state index in [1.165, 1.54) is 0 Å². The maximum Gasteiger partial charge on any atom is 0.374 e. The van der Waals surface area contributed by atoms with E-state index in [0.717, 1.165) is 10.9 Å². The minimum absolute atomic E-state index is 0.0258. The molecule has 0 aliphatic heterocycles. The molecule has 0 N–H and O–H groups in total. The summed E-state index contributed by atoms with van der Waals surface area (Å²) in [4.78, 5) is 16.6. The summed E-state index contributed by atoms with van der Waals surface area (Å²) < 4.78 is 16.5. The zero-order valence-corrected chi connectivity index (χ0v) is 13.6. The number of esters is 1. The molecule has 2 aromatic carbocycles. The Balaban J connectivity index is 1.49. The Morgan fingerprint density at radius 1 is 1.04 bits per heavy atom. The molecule has 5 nitrogen and oxygen atoms in total. The van der Waals surface area contributed by atoms with Crippen molar-refractivity contribution >= 4 is 16.9 Å². The Labute approximate surface area is 143 Å². The number of oxazole rings is 1. The number of ether oxygens (including phenoxy) is 1. The van der Waals surface area contributed by atoms with Gasteiger partial charge in [0, 0.05) is 10.9 Å². The first-order valence-corrected chi connectivity index (χ1v) is 7.88. The van der Waals surface area contributed by atoms with E-state index in [9.17, 15) is 4.79 Å². The van der Waals surface area contributed by atoms with Crippen molar-refractivity contribution in [3.05, 3.63) is 77.9 Å². The SMILES string of the molecule is Cc1oc(-c2ccccc2)nc1COC(=O)c1cc2ccccc2o1. The van der Waals surface area contributed by atoms with Crippen molar-refractivity contribution < 1.29 is 18.4 Å². The largest absolute Gasteiger partial charge is 0.453 e. The molecule has 0 saturated carbocycles. The van der Waals surface area contributed by atoms with Crippen LogP contribution in [0.2, 0.25) is 0 Å². The number of hydrogen-bond donors (Lipinski definition) is 0. The standard InChI is InChI=1S/C20H15NO4/c1-13-16(21-19(24-13)14-7-3-2-4-8-14)12-23-20(22)18-11-15-9-5-6-10-17(15)25-18/h2-11H,12H2,1H3. The van der Waals surface area contributed by atoms with Gasteiger partial charge in [0.15, 0.2) is 0 Å². The monoisotopic (exact) mass is 333 g/mol. The summed E-state index contributed by atoms with van der Waals surface area (Å²) in [6, 6.07) is 18.7. The third-order valence-corrected chi connectivity index (χ3v) is 3.88. The van der Waals surface area contributed by atoms with Crippen LogP contribution in [0, 0.1) is 6.92 Å². The maximum atomic E-state index is 12.2. The van der Waals surface area contributed by atoms with E-state index < -0.39 is 5.97 Å². The van der Waals surface area contributed by atoms with Gasteiger partial charge in [0.25, 0.3) is 0 Å². The van der Waals surface area contributed by atoms with Crippen LogP contribution in [0.4, 0.5) is 0 Å². The molecule has 124 valence electrons. The molecular formula is C20H15NO4. The Morgan fingerprint density at radius 3 is 2.60 bits per heavy atom. The number of aromatic nitrogens is 1. The highest BCUT2D eigenvalue weighted by Crippen LogP contribution is 2.23. The predicted octanol–water partition coefficient (Wildman–Crippen LogP) is 4.75. The molecule has 0 amide bonds. The molecule has 0 saturated heterocycles. The number of benzene rings is 2. The van der Waals surface area contributed by atoms with E-state index in [1.54, 1.807) is 19.1 Å². The number of para-hydroxylation sites is 1. The molecule has 0 atom stereocenters. The molecule has 0 bridgehead atoms. The Morgan fingerprint density at radius 2 is 1.80 bits per heavy atom. The highest BCUT2D eigenvalue weighted by Gasteiger charge is 2.17. The van der Waals surface area contributed by atoms with Crippen molar-refractivity contribution in [3.63, 3.8) is 0 Å². The summed E-state index contributed by atoms with van der Waals surface area (Å²) in [7, 11) is 0. The molecular weight excluding hydrogens is 318 g/mol. The van der Waals surface area contributed by atoms with Gasteiger partial charge < -0.3 is 13.6 Å². The fourth-order valence-corrected chi connectivity index (χ4v) is 2.55. The molecule has 0 aliphatic carbocycles. The number of hydrogen-bond acceptors (Lipinski definition) is 5. The molecule has 5 heteroatoms. The van der Waals surface area contributed by atoms with Crippen LogP contribution >= 0.6 is 0 Å². The van der Waals surface area contributed by atoms with Gasteiger partial charge in [0.05, 0.1) is 0 Å². The number of rotatable bonds is 4. The first-order chi connectivity index (χ1) is 12.2. The molecule has 0 aliphatic rings. The zero-order chi connectivity index (χ0) is 17.2. The maximum absolute atomic E-state index is 12.2. The second-order valence-electron chi connectivity index (χ2n) is 5.61. The number of fused-ring (bicyclic) bond motifs is 1. The molecule has 4 aromatic rings. The van der Waals surface area contributed by atoms with E-state index in [-0.39, 0.29) is 12.4 Å². The summed E-state index contributed by atoms with van der Waals surface area (Å²) >= 11 is 0. The summed E-state index contributed by atoms with van der Waals surface area (Å²) in [5, 5.41) is 0.860. The lowest BCUT2D eigenvalue weighted by Crippen LogP contribution is -2.04. The fraction of sp³-hybridized carbons (Fsp3) is 0.100. The normalized spacial score (nSPS) is 10.9. The average Bonchev–Trinajstić information content (AvgIpc) is 3.24. The molecule has 0 radical (unpaired) electrons. The lowest BCUT2D eigenvalue weighted by Gasteiger charge is -2.00. The van der Waals surface area contributed by atoms with Crippen molar-refractivity contribution in [3.8, 4) is 11.5 Å². The smallest absolute Gasteiger partial charge is 0.374 e. The summed E-state index contributed by atoms with van der Waals surface area (Å²) in [6.45, 7) is 1.82. The van der Waals surface area contributed by atoms with Crippen LogP contribution in [0.3, 0.4) is 0 Å². The van der Waals surface area contributed by atoms with Gasteiger partial charge in [-0.2, -0.15) is 0 Å². The van der Waals surface area contributed by atoms with Gasteiger partial charge in [-0.25, -0.2) is 9.78 Å². The number of aryl methyl sites for hydroxylation is 1. The van der Waals surface area contributed by atoms with Crippen molar-refractivity contribution in [2.45, 2.75) is 13.5 Å². The van der Waals surface area contributed by atoms with Crippen molar-refractivity contribution in [1.82, 2.24) is 4.98 Å². The first kappa shape index (κ1) is 15.2. The molecule has 0 fully saturated rings. The predicted molar refractivity (Wildman–Crippen MR) is 92.0 cm³/mol. The van der Waals surface area contributed by atoms with Crippen LogP contribution < -0.4 is 0 Å². The van der Waals surface area contributed by atoms with Crippen molar-refractivity contribution in [2.75, 3.05) is 0 Å². The number of furan rings is 1. The summed E-state index contributed by atoms with van der Waals surface area (Å²) in [6.07, 6.45) is 0. The van der Waals surface area contributed by atoms with Crippen LogP contribution in [-0.2, 0) is 11.3 Å². The Bertz CT molecular complexity index is 997. The molecule has 0 unspecified atom stereocenters. The molecule has 2 heterocycles. The highest BCUT2D eigenvalue weighted by atomic mass is 16.5. The third kappa shape index (κ3) is 3.04. The summed E-state index contributed by atoms with van der Waals surface area (Å²) in [5.41, 5.74) is 2.11. The first-order valence-electron chi connectivity index (χ1n) is 7.88. The van der Waals surface area contributed by atoms with Gasteiger partial charge in [0.1, 0.15) is 23.6 Å². The fourth-order valence-electron chi connectivity index (χ4n) is 2.55. The van der Waals surface area contributed by atoms with Crippen molar-refractivity contribution in [1.29, 1.82) is 0 Å². The van der Waals surface area contributed by atoms with Crippen LogP contribution in [0.5, 0.6) is 0 Å². The van der Waals surface area contributed by atoms with Gasteiger partial charge >= 0.3 is 5.97 Å². The number of carbonyl (C=O) groups is 1. The van der Waals surface area contributed by atoms with Crippen LogP contribution in [0.25, 0.3) is 22.4 Å². The van der Waals surface area contributed by atoms with E-state index in [4.69, 9.17) is 13.6 Å². The van der Waals surface area contributed by atoms with Gasteiger partial charge in [-0.3, -0.25) is 0 Å². The molecule has 25 heavy (non-hydrogen) atoms. The lowest BCUT2D eigenvalue weighted by molar-refractivity contribution is 0.0433. The van der Waals surface area contributed by atoms with Gasteiger partial charge in [-0.1, -0.05) is 36.4 Å². The third-order valence-electron chi connectivity index (χ3n) is 3.88. The van der Waals surface area contributed by atoms with Crippen LogP contribution in [0.1, 0.15) is 22.0 Å². The van der Waals surface area contributed by atoms with E-state index in [1.807, 2.05) is 48.5 Å². The van der Waals surface area contributed by atoms with Crippen molar-refractivity contribution in [2.24, 2.45) is 0 Å². The minimum atomic E-state index is -0.528. The molecule has 4 rings (SSSR count). The van der Waals surface area contributed by atoms with Crippen LogP contribution in [-0.4, -0.2) is 11.0 Å².